The predicted molar refractivity (Wildman–Crippen MR) is 66.7 cm³/mol. The van der Waals surface area contributed by atoms with E-state index in [0.717, 1.165) is 12.3 Å². The summed E-state index contributed by atoms with van der Waals surface area (Å²) in [4.78, 5) is 0. The first-order valence-corrected chi connectivity index (χ1v) is 6.47. The molecule has 0 aromatic carbocycles. The Bertz CT molecular complexity index is 186. The molecule has 0 aromatic rings. The van der Waals surface area contributed by atoms with Crippen molar-refractivity contribution in [1.82, 2.24) is 5.32 Å². The van der Waals surface area contributed by atoms with Gasteiger partial charge in [0.1, 0.15) is 0 Å². The molecule has 1 unspecified atom stereocenters. The van der Waals surface area contributed by atoms with Crippen molar-refractivity contribution in [2.24, 2.45) is 5.92 Å². The van der Waals surface area contributed by atoms with Crippen LogP contribution in [0, 0.1) is 18.3 Å². The normalized spacial score (nSPS) is 18.9. The molecule has 1 N–H and O–H groups in total. The Morgan fingerprint density at radius 2 is 2.07 bits per heavy atom. The number of terminal acetylenes is 1. The van der Waals surface area contributed by atoms with E-state index in [1.165, 1.54) is 51.4 Å². The number of unbranched alkanes of at least 4 members (excludes halogenated alkanes) is 1. The first-order chi connectivity index (χ1) is 7.36. The number of hydrogen-bond donors (Lipinski definition) is 1. The lowest BCUT2D eigenvalue weighted by molar-refractivity contribution is 0.401. The van der Waals surface area contributed by atoms with Crippen molar-refractivity contribution in [3.8, 4) is 12.3 Å². The Kier molecular flexibility index (Phi) is 6.52. The maximum Gasteiger partial charge on any atom is 0.00866 e. The zero-order chi connectivity index (χ0) is 10.9. The lowest BCUT2D eigenvalue weighted by Crippen LogP contribution is -2.25. The second kappa shape index (κ2) is 7.77. The van der Waals surface area contributed by atoms with Gasteiger partial charge in [-0.3, -0.25) is 0 Å². The summed E-state index contributed by atoms with van der Waals surface area (Å²) in [6.07, 6.45) is 17.2. The number of rotatable bonds is 7. The Balaban J connectivity index is 2.07. The van der Waals surface area contributed by atoms with Crippen molar-refractivity contribution < 1.29 is 0 Å². The minimum absolute atomic E-state index is 0.693. The smallest absolute Gasteiger partial charge is 0.00866 e. The highest BCUT2D eigenvalue weighted by molar-refractivity contribution is 4.84. The van der Waals surface area contributed by atoms with Gasteiger partial charge in [-0.15, -0.1) is 12.3 Å². The van der Waals surface area contributed by atoms with Crippen molar-refractivity contribution in [3.05, 3.63) is 0 Å². The van der Waals surface area contributed by atoms with Crippen LogP contribution in [0.1, 0.15) is 57.8 Å². The molecule has 86 valence electrons. The summed E-state index contributed by atoms with van der Waals surface area (Å²) in [6.45, 7) is 0. The molecule has 1 rings (SSSR count). The van der Waals surface area contributed by atoms with E-state index >= 15 is 0 Å². The molecule has 1 aliphatic rings. The molecule has 0 radical (unpaired) electrons. The molecule has 0 amide bonds. The van der Waals surface area contributed by atoms with Gasteiger partial charge >= 0.3 is 0 Å². The monoisotopic (exact) mass is 207 g/mol. The maximum atomic E-state index is 5.26. The Labute approximate surface area is 95.0 Å². The largest absolute Gasteiger partial charge is 0.317 e. The summed E-state index contributed by atoms with van der Waals surface area (Å²) in [7, 11) is 2.08. The second-order valence-corrected chi connectivity index (χ2v) is 4.81. The molecule has 1 aliphatic carbocycles. The third-order valence-corrected chi connectivity index (χ3v) is 3.68. The van der Waals surface area contributed by atoms with Crippen LogP contribution in [-0.2, 0) is 0 Å². The van der Waals surface area contributed by atoms with Gasteiger partial charge < -0.3 is 5.32 Å². The predicted octanol–water partition coefficient (Wildman–Crippen LogP) is 3.35. The molecule has 0 aliphatic heterocycles. The van der Waals surface area contributed by atoms with Gasteiger partial charge in [-0.25, -0.2) is 0 Å². The fourth-order valence-electron chi connectivity index (χ4n) is 2.62. The number of hydrogen-bond acceptors (Lipinski definition) is 1. The molecule has 1 nitrogen and oxygen atoms in total. The van der Waals surface area contributed by atoms with E-state index in [2.05, 4.69) is 18.3 Å². The van der Waals surface area contributed by atoms with Gasteiger partial charge in [-0.2, -0.15) is 0 Å². The van der Waals surface area contributed by atoms with Crippen molar-refractivity contribution in [3.63, 3.8) is 0 Å². The summed E-state index contributed by atoms with van der Waals surface area (Å²) in [5.41, 5.74) is 0. The summed E-state index contributed by atoms with van der Waals surface area (Å²) in [5.74, 6) is 3.74. The highest BCUT2D eigenvalue weighted by Crippen LogP contribution is 2.29. The highest BCUT2D eigenvalue weighted by atomic mass is 14.9. The lowest BCUT2D eigenvalue weighted by atomic mass is 9.96. The van der Waals surface area contributed by atoms with Crippen LogP contribution in [-0.4, -0.2) is 13.1 Å². The molecule has 0 heterocycles. The molecular weight excluding hydrogens is 182 g/mol. The fraction of sp³-hybridized carbons (Fsp3) is 0.857. The van der Waals surface area contributed by atoms with E-state index < -0.39 is 0 Å². The summed E-state index contributed by atoms with van der Waals surface area (Å²) < 4.78 is 0. The average Bonchev–Trinajstić information content (AvgIpc) is 2.76. The van der Waals surface area contributed by atoms with E-state index in [1.807, 2.05) is 0 Å². The standard InChI is InChI=1S/C14H25N/c1-3-4-5-10-14(15-2)12-11-13-8-6-7-9-13/h1,13-15H,4-12H2,2H3. The summed E-state index contributed by atoms with van der Waals surface area (Å²) in [6, 6.07) is 0.693. The zero-order valence-electron chi connectivity index (χ0n) is 10.1. The van der Waals surface area contributed by atoms with Gasteiger partial charge in [-0.1, -0.05) is 25.7 Å². The topological polar surface area (TPSA) is 12.0 Å². The first-order valence-electron chi connectivity index (χ1n) is 6.47. The van der Waals surface area contributed by atoms with Gasteiger partial charge in [0.2, 0.25) is 0 Å². The lowest BCUT2D eigenvalue weighted by Gasteiger charge is -2.17. The van der Waals surface area contributed by atoms with E-state index in [1.54, 1.807) is 0 Å². The summed E-state index contributed by atoms with van der Waals surface area (Å²) in [5, 5.41) is 3.42. The molecule has 0 aromatic heterocycles. The Hall–Kier alpha value is -0.480. The molecule has 1 fully saturated rings. The fourth-order valence-corrected chi connectivity index (χ4v) is 2.62. The van der Waals surface area contributed by atoms with Gasteiger partial charge in [0.15, 0.2) is 0 Å². The van der Waals surface area contributed by atoms with Crippen LogP contribution in [0.4, 0.5) is 0 Å². The second-order valence-electron chi connectivity index (χ2n) is 4.81. The molecule has 1 atom stereocenters. The van der Waals surface area contributed by atoms with Gasteiger partial charge in [0.05, 0.1) is 0 Å². The van der Waals surface area contributed by atoms with Crippen LogP contribution >= 0.6 is 0 Å². The zero-order valence-corrected chi connectivity index (χ0v) is 10.1. The molecular formula is C14H25N. The van der Waals surface area contributed by atoms with Gasteiger partial charge in [-0.05, 0) is 38.6 Å². The minimum atomic E-state index is 0.693. The number of nitrogens with one attached hydrogen (secondary N) is 1. The van der Waals surface area contributed by atoms with Gasteiger partial charge in [0.25, 0.3) is 0 Å². The van der Waals surface area contributed by atoms with E-state index in [0.29, 0.717) is 6.04 Å². The molecule has 1 saturated carbocycles. The quantitative estimate of drug-likeness (QED) is 0.498. The minimum Gasteiger partial charge on any atom is -0.317 e. The van der Waals surface area contributed by atoms with Crippen molar-refractivity contribution in [2.75, 3.05) is 7.05 Å². The molecule has 0 saturated heterocycles. The van der Waals surface area contributed by atoms with Crippen LogP contribution in [0.15, 0.2) is 0 Å². The van der Waals surface area contributed by atoms with E-state index in [4.69, 9.17) is 6.42 Å². The van der Waals surface area contributed by atoms with Crippen molar-refractivity contribution in [1.29, 1.82) is 0 Å². The van der Waals surface area contributed by atoms with Gasteiger partial charge in [0, 0.05) is 12.5 Å². The van der Waals surface area contributed by atoms with Crippen LogP contribution in [0.5, 0.6) is 0 Å². The summed E-state index contributed by atoms with van der Waals surface area (Å²) >= 11 is 0. The Morgan fingerprint density at radius 1 is 1.33 bits per heavy atom. The maximum absolute atomic E-state index is 5.26. The van der Waals surface area contributed by atoms with Crippen LogP contribution in [0.2, 0.25) is 0 Å². The third-order valence-electron chi connectivity index (χ3n) is 3.68. The van der Waals surface area contributed by atoms with Crippen LogP contribution < -0.4 is 5.32 Å². The molecule has 0 spiro atoms. The molecule has 15 heavy (non-hydrogen) atoms. The van der Waals surface area contributed by atoms with E-state index in [-0.39, 0.29) is 0 Å². The molecule has 1 heteroatoms. The first kappa shape index (κ1) is 12.6. The Morgan fingerprint density at radius 3 is 2.67 bits per heavy atom. The molecule has 0 bridgehead atoms. The van der Waals surface area contributed by atoms with Crippen LogP contribution in [0.3, 0.4) is 0 Å². The van der Waals surface area contributed by atoms with Crippen molar-refractivity contribution in [2.45, 2.75) is 63.8 Å². The van der Waals surface area contributed by atoms with Crippen LogP contribution in [0.25, 0.3) is 0 Å². The third kappa shape index (κ3) is 5.23. The SMILES string of the molecule is C#CCCCC(CCC1CCCC1)NC. The average molecular weight is 207 g/mol. The van der Waals surface area contributed by atoms with Crippen molar-refractivity contribution >= 4 is 0 Å². The highest BCUT2D eigenvalue weighted by Gasteiger charge is 2.16. The van der Waals surface area contributed by atoms with E-state index in [9.17, 15) is 0 Å².